The highest BCUT2D eigenvalue weighted by Crippen LogP contribution is 2.33. The number of nitrogens with zero attached hydrogens (tertiary/aromatic N) is 1. The summed E-state index contributed by atoms with van der Waals surface area (Å²) in [6, 6.07) is 5.62. The topological polar surface area (TPSA) is 28.7 Å². The van der Waals surface area contributed by atoms with Crippen LogP contribution in [0.1, 0.15) is 5.69 Å². The Morgan fingerprint density at radius 2 is 1.94 bits per heavy atom. The van der Waals surface area contributed by atoms with E-state index in [1.165, 1.54) is 0 Å². The fraction of sp³-hybridized carbons (Fsp3) is 0.0833. The first-order valence-corrected chi connectivity index (χ1v) is 5.64. The van der Waals surface area contributed by atoms with Crippen molar-refractivity contribution in [2.45, 2.75) is 6.92 Å². The van der Waals surface area contributed by atoms with Crippen LogP contribution in [0.5, 0.6) is 0 Å². The lowest BCUT2D eigenvalue weighted by molar-refractivity contribution is 1.22. The van der Waals surface area contributed by atoms with Gasteiger partial charge in [0.25, 0.3) is 0 Å². The highest BCUT2D eigenvalue weighted by molar-refractivity contribution is 6.39. The molecule has 0 radical (unpaired) electrons. The molecule has 1 aromatic carbocycles. The summed E-state index contributed by atoms with van der Waals surface area (Å²) >= 11 is 12.2. The quantitative estimate of drug-likeness (QED) is 0.632. The van der Waals surface area contributed by atoms with E-state index in [1.54, 1.807) is 12.3 Å². The van der Waals surface area contributed by atoms with Crippen LogP contribution in [0.25, 0.3) is 21.8 Å². The molecule has 0 spiro atoms. The number of aryl methyl sites for hydroxylation is 1. The predicted octanol–water partition coefficient (Wildman–Crippen LogP) is 4.33. The van der Waals surface area contributed by atoms with E-state index < -0.39 is 0 Å². The second kappa shape index (κ2) is 3.37. The number of hydrogen-bond donors (Lipinski definition) is 1. The highest BCUT2D eigenvalue weighted by Gasteiger charge is 2.10. The van der Waals surface area contributed by atoms with Gasteiger partial charge in [0.15, 0.2) is 0 Å². The smallest absolute Gasteiger partial charge is 0.0681 e. The van der Waals surface area contributed by atoms with Crippen LogP contribution in [0.4, 0.5) is 0 Å². The van der Waals surface area contributed by atoms with E-state index >= 15 is 0 Å². The van der Waals surface area contributed by atoms with E-state index in [9.17, 15) is 0 Å². The molecule has 1 N–H and O–H groups in total. The lowest BCUT2D eigenvalue weighted by Crippen LogP contribution is -1.80. The second-order valence-corrected chi connectivity index (χ2v) is 4.60. The third-order valence-corrected chi connectivity index (χ3v) is 3.25. The number of fused-ring (bicyclic) bond motifs is 3. The molecule has 2 heterocycles. The van der Waals surface area contributed by atoms with Crippen LogP contribution in [0.2, 0.25) is 10.0 Å². The van der Waals surface area contributed by atoms with Gasteiger partial charge in [-0.1, -0.05) is 23.2 Å². The van der Waals surface area contributed by atoms with E-state index in [1.807, 2.05) is 19.1 Å². The second-order valence-electron chi connectivity index (χ2n) is 3.75. The van der Waals surface area contributed by atoms with Crippen molar-refractivity contribution in [3.05, 3.63) is 40.1 Å². The monoisotopic (exact) mass is 250 g/mol. The molecule has 2 nitrogen and oxygen atoms in total. The first-order valence-electron chi connectivity index (χ1n) is 4.89. The van der Waals surface area contributed by atoms with Gasteiger partial charge in [-0.25, -0.2) is 0 Å². The molecule has 16 heavy (non-hydrogen) atoms. The molecule has 0 aliphatic rings. The third kappa shape index (κ3) is 1.30. The van der Waals surface area contributed by atoms with Crippen molar-refractivity contribution in [3.63, 3.8) is 0 Å². The number of nitrogens with one attached hydrogen (secondary N) is 1. The van der Waals surface area contributed by atoms with Crippen LogP contribution in [-0.4, -0.2) is 9.97 Å². The summed E-state index contributed by atoms with van der Waals surface area (Å²) in [6.07, 6.45) is 1.79. The van der Waals surface area contributed by atoms with Crippen molar-refractivity contribution in [1.29, 1.82) is 0 Å². The molecule has 0 aliphatic carbocycles. The number of aromatic amines is 1. The first-order chi connectivity index (χ1) is 7.66. The normalized spacial score (nSPS) is 11.4. The molecule has 0 atom stereocenters. The maximum absolute atomic E-state index is 6.15. The average Bonchev–Trinajstić information content (AvgIpc) is 2.59. The maximum atomic E-state index is 6.15. The SMILES string of the molecule is Cc1nccc2c1[nH]c1c(Cl)cc(Cl)cc12. The minimum absolute atomic E-state index is 0.637. The molecule has 0 aliphatic heterocycles. The van der Waals surface area contributed by atoms with Gasteiger partial charge in [0.2, 0.25) is 0 Å². The van der Waals surface area contributed by atoms with Gasteiger partial charge in [-0.2, -0.15) is 0 Å². The molecule has 0 saturated heterocycles. The van der Waals surface area contributed by atoms with Crippen molar-refractivity contribution < 1.29 is 0 Å². The summed E-state index contributed by atoms with van der Waals surface area (Å²) in [7, 11) is 0. The van der Waals surface area contributed by atoms with Crippen LogP contribution in [0.15, 0.2) is 24.4 Å². The van der Waals surface area contributed by atoms with E-state index in [0.29, 0.717) is 10.0 Å². The van der Waals surface area contributed by atoms with Gasteiger partial charge in [0.1, 0.15) is 0 Å². The van der Waals surface area contributed by atoms with Crippen molar-refractivity contribution >= 4 is 45.0 Å². The predicted molar refractivity (Wildman–Crippen MR) is 68.4 cm³/mol. The Morgan fingerprint density at radius 3 is 2.75 bits per heavy atom. The summed E-state index contributed by atoms with van der Waals surface area (Å²) in [5.74, 6) is 0. The number of rotatable bonds is 0. The average molecular weight is 251 g/mol. The van der Waals surface area contributed by atoms with Gasteiger partial charge >= 0.3 is 0 Å². The fourth-order valence-electron chi connectivity index (χ4n) is 1.99. The minimum Gasteiger partial charge on any atom is -0.352 e. The fourth-order valence-corrected chi connectivity index (χ4v) is 2.53. The molecule has 0 amide bonds. The van der Waals surface area contributed by atoms with Crippen LogP contribution in [0.3, 0.4) is 0 Å². The molecule has 0 fully saturated rings. The van der Waals surface area contributed by atoms with Crippen molar-refractivity contribution in [2.75, 3.05) is 0 Å². The summed E-state index contributed by atoms with van der Waals surface area (Å²) in [5, 5.41) is 3.43. The van der Waals surface area contributed by atoms with E-state index in [-0.39, 0.29) is 0 Å². The van der Waals surface area contributed by atoms with Gasteiger partial charge in [0, 0.05) is 22.0 Å². The largest absolute Gasteiger partial charge is 0.352 e. The van der Waals surface area contributed by atoms with E-state index in [4.69, 9.17) is 23.2 Å². The molecule has 2 aromatic heterocycles. The highest BCUT2D eigenvalue weighted by atomic mass is 35.5. The molecule has 0 saturated carbocycles. The Hall–Kier alpha value is -1.25. The van der Waals surface area contributed by atoms with Gasteiger partial charge in [-0.05, 0) is 25.1 Å². The molecule has 3 aromatic rings. The van der Waals surface area contributed by atoms with Crippen LogP contribution >= 0.6 is 23.2 Å². The Morgan fingerprint density at radius 1 is 1.12 bits per heavy atom. The maximum Gasteiger partial charge on any atom is 0.0681 e. The van der Waals surface area contributed by atoms with E-state index in [0.717, 1.165) is 27.5 Å². The van der Waals surface area contributed by atoms with Gasteiger partial charge in [-0.3, -0.25) is 4.98 Å². The number of H-pyrrole nitrogens is 1. The Balaban J connectivity index is 2.61. The third-order valence-electron chi connectivity index (χ3n) is 2.74. The van der Waals surface area contributed by atoms with E-state index in [2.05, 4.69) is 9.97 Å². The number of benzene rings is 1. The van der Waals surface area contributed by atoms with Gasteiger partial charge < -0.3 is 4.98 Å². The van der Waals surface area contributed by atoms with Crippen LogP contribution in [-0.2, 0) is 0 Å². The molecule has 3 rings (SSSR count). The van der Waals surface area contributed by atoms with Crippen LogP contribution in [0, 0.1) is 6.92 Å². The molecule has 0 bridgehead atoms. The number of hydrogen-bond acceptors (Lipinski definition) is 1. The standard InChI is InChI=1S/C12H8Cl2N2/c1-6-11-8(2-3-15-6)9-4-7(13)5-10(14)12(9)16-11/h2-5,16H,1H3. The Bertz CT molecular complexity index is 701. The Kier molecular flexibility index (Phi) is 2.09. The molecule has 0 unspecified atom stereocenters. The number of aromatic nitrogens is 2. The Labute approximate surface area is 102 Å². The summed E-state index contributed by atoms with van der Waals surface area (Å²) in [6.45, 7) is 1.97. The van der Waals surface area contributed by atoms with Crippen molar-refractivity contribution in [2.24, 2.45) is 0 Å². The lowest BCUT2D eigenvalue weighted by atomic mass is 10.2. The summed E-state index contributed by atoms with van der Waals surface area (Å²) < 4.78 is 0. The summed E-state index contributed by atoms with van der Waals surface area (Å²) in [4.78, 5) is 7.54. The zero-order valence-corrected chi connectivity index (χ0v) is 10.0. The molecule has 80 valence electrons. The van der Waals surface area contributed by atoms with Crippen molar-refractivity contribution in [1.82, 2.24) is 9.97 Å². The van der Waals surface area contributed by atoms with Crippen molar-refractivity contribution in [3.8, 4) is 0 Å². The first kappa shape index (κ1) is 9.94. The minimum atomic E-state index is 0.637. The zero-order chi connectivity index (χ0) is 11.3. The molecular weight excluding hydrogens is 243 g/mol. The number of pyridine rings is 1. The van der Waals surface area contributed by atoms with Gasteiger partial charge in [-0.15, -0.1) is 0 Å². The number of halogens is 2. The van der Waals surface area contributed by atoms with Crippen LogP contribution < -0.4 is 0 Å². The lowest BCUT2D eigenvalue weighted by Gasteiger charge is -1.95. The zero-order valence-electron chi connectivity index (χ0n) is 8.51. The summed E-state index contributed by atoms with van der Waals surface area (Å²) in [5.41, 5.74) is 2.89. The molecule has 4 heteroatoms. The van der Waals surface area contributed by atoms with Gasteiger partial charge in [0.05, 0.1) is 21.7 Å². The molecular formula is C12H8Cl2N2.